The number of hydrogen-bond acceptors (Lipinski definition) is 0. The van der Waals surface area contributed by atoms with E-state index < -0.39 is 8.07 Å². The number of benzene rings is 1. The maximum Gasteiger partial charge on any atom is 0.0771 e. The van der Waals surface area contributed by atoms with Crippen molar-refractivity contribution in [2.75, 3.05) is 0 Å². The van der Waals surface area contributed by atoms with E-state index in [-0.39, 0.29) is 5.41 Å². The van der Waals surface area contributed by atoms with Gasteiger partial charge in [0.05, 0.1) is 8.07 Å². The first kappa shape index (κ1) is 15.3. The van der Waals surface area contributed by atoms with Crippen LogP contribution in [-0.2, 0) is 5.41 Å². The minimum Gasteiger partial charge on any atom is -0.0775 e. The van der Waals surface area contributed by atoms with E-state index in [0.29, 0.717) is 5.92 Å². The zero-order chi connectivity index (χ0) is 15.1. The molecule has 108 valence electrons. The average Bonchev–Trinajstić information content (AvgIpc) is 2.82. The van der Waals surface area contributed by atoms with Crippen LogP contribution < -0.4 is 0 Å². The molecule has 0 radical (unpaired) electrons. The van der Waals surface area contributed by atoms with Gasteiger partial charge in [-0.1, -0.05) is 75.1 Å². The summed E-state index contributed by atoms with van der Waals surface area (Å²) in [5, 5.41) is 1.60. The molecule has 0 aromatic heterocycles. The average molecular weight is 285 g/mol. The number of allylic oxidation sites excluding steroid dienone is 4. The first-order valence-corrected chi connectivity index (χ1v) is 11.1. The SMILES string of the molecule is Cc1cccc(C(C)(C)C2C=CC([Si](C)(C)C)=C2)c1C. The normalized spacial score (nSPS) is 19.4. The highest BCUT2D eigenvalue weighted by molar-refractivity contribution is 6.83. The van der Waals surface area contributed by atoms with Crippen LogP contribution in [0, 0.1) is 19.8 Å². The van der Waals surface area contributed by atoms with Crippen molar-refractivity contribution >= 4 is 8.07 Å². The predicted octanol–water partition coefficient (Wildman–Crippen LogP) is 5.57. The molecule has 1 atom stereocenters. The third kappa shape index (κ3) is 2.69. The molecule has 0 amide bonds. The van der Waals surface area contributed by atoms with Gasteiger partial charge in [-0.05, 0) is 36.0 Å². The standard InChI is InChI=1S/C19H28Si/c1-14-9-8-10-18(15(14)2)19(3,4)16-11-12-17(13-16)20(5,6)7/h8-13,16H,1-7H3. The molecule has 2 rings (SSSR count). The Bertz CT molecular complexity index is 568. The quantitative estimate of drug-likeness (QED) is 0.636. The van der Waals surface area contributed by atoms with E-state index in [0.717, 1.165) is 0 Å². The van der Waals surface area contributed by atoms with E-state index in [1.54, 1.807) is 5.20 Å². The Hall–Kier alpha value is -1.08. The Morgan fingerprint density at radius 1 is 1.05 bits per heavy atom. The highest BCUT2D eigenvalue weighted by atomic mass is 28.3. The van der Waals surface area contributed by atoms with Crippen molar-refractivity contribution in [3.8, 4) is 0 Å². The van der Waals surface area contributed by atoms with E-state index in [1.165, 1.54) is 16.7 Å². The summed E-state index contributed by atoms with van der Waals surface area (Å²) in [6, 6.07) is 6.71. The molecule has 1 aliphatic rings. The largest absolute Gasteiger partial charge is 0.0775 e. The van der Waals surface area contributed by atoms with Crippen LogP contribution >= 0.6 is 0 Å². The molecule has 1 aromatic rings. The van der Waals surface area contributed by atoms with Crippen LogP contribution in [0.5, 0.6) is 0 Å². The molecule has 1 unspecified atom stereocenters. The van der Waals surface area contributed by atoms with Gasteiger partial charge in [0.15, 0.2) is 0 Å². The van der Waals surface area contributed by atoms with Crippen molar-refractivity contribution < 1.29 is 0 Å². The fourth-order valence-corrected chi connectivity index (χ4v) is 4.37. The first-order valence-electron chi connectivity index (χ1n) is 7.61. The lowest BCUT2D eigenvalue weighted by molar-refractivity contribution is 0.445. The Kier molecular flexibility index (Phi) is 3.85. The minimum absolute atomic E-state index is 0.161. The Balaban J connectivity index is 2.40. The third-order valence-electron chi connectivity index (χ3n) is 4.84. The van der Waals surface area contributed by atoms with Gasteiger partial charge in [-0.2, -0.15) is 0 Å². The zero-order valence-electron chi connectivity index (χ0n) is 14.0. The molecule has 0 N–H and O–H groups in total. The van der Waals surface area contributed by atoms with Crippen molar-refractivity contribution in [1.29, 1.82) is 0 Å². The topological polar surface area (TPSA) is 0 Å². The van der Waals surface area contributed by atoms with Crippen LogP contribution in [0.2, 0.25) is 19.6 Å². The number of rotatable bonds is 3. The predicted molar refractivity (Wildman–Crippen MR) is 93.0 cm³/mol. The lowest BCUT2D eigenvalue weighted by Crippen LogP contribution is -2.27. The van der Waals surface area contributed by atoms with Gasteiger partial charge in [0.2, 0.25) is 0 Å². The number of aryl methyl sites for hydroxylation is 1. The molecule has 0 saturated carbocycles. The van der Waals surface area contributed by atoms with Crippen LogP contribution in [-0.4, -0.2) is 8.07 Å². The lowest BCUT2D eigenvalue weighted by Gasteiger charge is -2.32. The molecule has 1 heteroatoms. The molecule has 1 aliphatic carbocycles. The minimum atomic E-state index is -1.20. The van der Waals surface area contributed by atoms with Gasteiger partial charge in [-0.15, -0.1) is 0 Å². The Labute approximate surface area is 125 Å². The maximum absolute atomic E-state index is 2.52. The third-order valence-corrected chi connectivity index (χ3v) is 6.91. The lowest BCUT2D eigenvalue weighted by atomic mass is 9.72. The summed E-state index contributed by atoms with van der Waals surface area (Å²) in [7, 11) is -1.20. The molecule has 0 aliphatic heterocycles. The molecular formula is C19H28Si. The van der Waals surface area contributed by atoms with Crippen LogP contribution in [0.3, 0.4) is 0 Å². The van der Waals surface area contributed by atoms with E-state index >= 15 is 0 Å². The van der Waals surface area contributed by atoms with Crippen molar-refractivity contribution in [2.45, 2.75) is 52.8 Å². The molecule has 0 bridgehead atoms. The monoisotopic (exact) mass is 284 g/mol. The zero-order valence-corrected chi connectivity index (χ0v) is 15.0. The molecule has 1 aromatic carbocycles. The molecule has 0 saturated heterocycles. The van der Waals surface area contributed by atoms with E-state index in [1.807, 2.05) is 0 Å². The van der Waals surface area contributed by atoms with Crippen LogP contribution in [0.4, 0.5) is 0 Å². The van der Waals surface area contributed by atoms with Crippen LogP contribution in [0.1, 0.15) is 30.5 Å². The summed E-state index contributed by atoms with van der Waals surface area (Å²) >= 11 is 0. The summed E-state index contributed by atoms with van der Waals surface area (Å²) in [6.07, 6.45) is 7.31. The van der Waals surface area contributed by atoms with Crippen molar-refractivity contribution in [3.05, 3.63) is 58.3 Å². The van der Waals surface area contributed by atoms with E-state index in [4.69, 9.17) is 0 Å². The smallest absolute Gasteiger partial charge is 0.0771 e. The molecule has 0 spiro atoms. The van der Waals surface area contributed by atoms with Gasteiger partial charge in [0, 0.05) is 5.92 Å². The summed E-state index contributed by atoms with van der Waals surface area (Å²) < 4.78 is 0. The second-order valence-electron chi connectivity index (χ2n) is 7.73. The fraction of sp³-hybridized carbons (Fsp3) is 0.474. The fourth-order valence-electron chi connectivity index (χ4n) is 3.09. The van der Waals surface area contributed by atoms with Gasteiger partial charge >= 0.3 is 0 Å². The van der Waals surface area contributed by atoms with Gasteiger partial charge in [0.25, 0.3) is 0 Å². The maximum atomic E-state index is 2.52. The van der Waals surface area contributed by atoms with Crippen LogP contribution in [0.25, 0.3) is 0 Å². The molecule has 20 heavy (non-hydrogen) atoms. The first-order chi connectivity index (χ1) is 9.14. The Morgan fingerprint density at radius 2 is 1.70 bits per heavy atom. The Morgan fingerprint density at radius 3 is 2.25 bits per heavy atom. The van der Waals surface area contributed by atoms with Crippen molar-refractivity contribution in [3.63, 3.8) is 0 Å². The summed E-state index contributed by atoms with van der Waals surface area (Å²) in [5.41, 5.74) is 4.49. The summed E-state index contributed by atoms with van der Waals surface area (Å²) in [5.74, 6) is 0.518. The molecule has 0 heterocycles. The second-order valence-corrected chi connectivity index (χ2v) is 12.8. The van der Waals surface area contributed by atoms with Crippen LogP contribution in [0.15, 0.2) is 41.6 Å². The van der Waals surface area contributed by atoms with Gasteiger partial charge in [-0.25, -0.2) is 0 Å². The second kappa shape index (κ2) is 5.03. The van der Waals surface area contributed by atoms with Gasteiger partial charge < -0.3 is 0 Å². The molecular weight excluding hydrogens is 256 g/mol. The van der Waals surface area contributed by atoms with E-state index in [9.17, 15) is 0 Å². The van der Waals surface area contributed by atoms with Gasteiger partial charge in [-0.3, -0.25) is 0 Å². The van der Waals surface area contributed by atoms with E-state index in [2.05, 4.69) is 83.8 Å². The summed E-state index contributed by atoms with van der Waals surface area (Å²) in [4.78, 5) is 0. The highest BCUT2D eigenvalue weighted by Gasteiger charge is 2.33. The number of hydrogen-bond donors (Lipinski definition) is 0. The summed E-state index contributed by atoms with van der Waals surface area (Å²) in [6.45, 7) is 16.5. The van der Waals surface area contributed by atoms with Crippen molar-refractivity contribution in [1.82, 2.24) is 0 Å². The molecule has 0 nitrogen and oxygen atoms in total. The van der Waals surface area contributed by atoms with Crippen molar-refractivity contribution in [2.24, 2.45) is 5.92 Å². The van der Waals surface area contributed by atoms with Gasteiger partial charge in [0.1, 0.15) is 0 Å². The highest BCUT2D eigenvalue weighted by Crippen LogP contribution is 2.40. The molecule has 0 fully saturated rings.